The third-order valence-electron chi connectivity index (χ3n) is 2.30. The molecule has 5 heteroatoms. The van der Waals surface area contributed by atoms with Crippen LogP contribution >= 0.6 is 11.8 Å². The molecule has 0 aromatic rings. The lowest BCUT2D eigenvalue weighted by Gasteiger charge is -2.31. The highest BCUT2D eigenvalue weighted by Gasteiger charge is 2.35. The maximum absolute atomic E-state index is 11.5. The van der Waals surface area contributed by atoms with Gasteiger partial charge >= 0.3 is 0 Å². The predicted molar refractivity (Wildman–Crippen MR) is 51.6 cm³/mol. The summed E-state index contributed by atoms with van der Waals surface area (Å²) in [6, 6.07) is 0. The van der Waals surface area contributed by atoms with Gasteiger partial charge in [0, 0.05) is 6.61 Å². The van der Waals surface area contributed by atoms with Crippen molar-refractivity contribution in [2.45, 2.75) is 19.1 Å². The molecule has 2 aliphatic heterocycles. The van der Waals surface area contributed by atoms with Gasteiger partial charge in [0.15, 0.2) is 11.4 Å². The molecule has 1 saturated heterocycles. The van der Waals surface area contributed by atoms with Gasteiger partial charge in [0.25, 0.3) is 0 Å². The first-order valence-electron chi connectivity index (χ1n) is 4.35. The number of aliphatic imine (C=N–C) groups is 1. The van der Waals surface area contributed by atoms with Gasteiger partial charge in [0.1, 0.15) is 0 Å². The minimum atomic E-state index is -0.232. The number of ether oxygens (including phenoxy) is 1. The van der Waals surface area contributed by atoms with Crippen molar-refractivity contribution in [1.82, 2.24) is 5.32 Å². The minimum Gasteiger partial charge on any atom is -0.356 e. The molecular weight excluding hydrogens is 188 g/mol. The number of rotatable bonds is 0. The Labute approximate surface area is 81.1 Å². The number of carbonyl (C=O) groups is 1. The van der Waals surface area contributed by atoms with E-state index < -0.39 is 0 Å². The molecule has 2 heterocycles. The zero-order valence-corrected chi connectivity index (χ0v) is 8.26. The number of amidine groups is 1. The Balaban J connectivity index is 2.17. The largest absolute Gasteiger partial charge is 0.356 e. The molecule has 72 valence electrons. The van der Waals surface area contributed by atoms with Crippen LogP contribution in [0.15, 0.2) is 4.99 Å². The van der Waals surface area contributed by atoms with Crippen LogP contribution in [0.4, 0.5) is 0 Å². The molecule has 0 saturated carbocycles. The molecule has 0 spiro atoms. The monoisotopic (exact) mass is 200 g/mol. The van der Waals surface area contributed by atoms with Crippen LogP contribution in [0, 0.1) is 5.92 Å². The van der Waals surface area contributed by atoms with Gasteiger partial charge in [0.2, 0.25) is 5.91 Å². The normalized spacial score (nSPS) is 33.3. The second-order valence-corrected chi connectivity index (χ2v) is 3.93. The average Bonchev–Trinajstić information content (AvgIpc) is 2.18. The lowest BCUT2D eigenvalue weighted by Crippen LogP contribution is -2.47. The van der Waals surface area contributed by atoms with Gasteiger partial charge in [-0.1, -0.05) is 11.8 Å². The van der Waals surface area contributed by atoms with E-state index >= 15 is 0 Å². The zero-order chi connectivity index (χ0) is 9.26. The number of fused-ring (bicyclic) bond motifs is 1. The Morgan fingerprint density at radius 1 is 1.69 bits per heavy atom. The highest BCUT2D eigenvalue weighted by Crippen LogP contribution is 2.25. The summed E-state index contributed by atoms with van der Waals surface area (Å²) in [5, 5.41) is 3.43. The van der Waals surface area contributed by atoms with Crippen LogP contribution in [0.3, 0.4) is 0 Å². The zero-order valence-electron chi connectivity index (χ0n) is 7.45. The maximum atomic E-state index is 11.5. The van der Waals surface area contributed by atoms with Crippen molar-refractivity contribution < 1.29 is 9.53 Å². The number of hydrogen-bond acceptors (Lipinski definition) is 4. The molecule has 13 heavy (non-hydrogen) atoms. The molecule has 0 radical (unpaired) electrons. The van der Waals surface area contributed by atoms with Gasteiger partial charge in [-0.15, -0.1) is 0 Å². The summed E-state index contributed by atoms with van der Waals surface area (Å²) in [5.74, 6) is -0.00583. The number of hydrogen-bond donors (Lipinski definition) is 1. The molecule has 0 aromatic carbocycles. The number of amides is 1. The number of carbonyl (C=O) groups excluding carboxylic acids is 1. The van der Waals surface area contributed by atoms with Gasteiger partial charge in [-0.05, 0) is 19.1 Å². The Hall–Kier alpha value is -0.550. The fraction of sp³-hybridized carbons (Fsp3) is 0.750. The molecule has 1 amide bonds. The second kappa shape index (κ2) is 3.67. The number of nitrogens with one attached hydrogen (secondary N) is 1. The molecule has 1 N–H and O–H groups in total. The van der Waals surface area contributed by atoms with Crippen molar-refractivity contribution in [2.24, 2.45) is 10.9 Å². The summed E-state index contributed by atoms with van der Waals surface area (Å²) in [6.07, 6.45) is 3.51. The highest BCUT2D eigenvalue weighted by molar-refractivity contribution is 8.13. The lowest BCUT2D eigenvalue weighted by molar-refractivity contribution is -0.133. The third kappa shape index (κ3) is 1.71. The van der Waals surface area contributed by atoms with E-state index in [1.165, 1.54) is 11.8 Å². The van der Waals surface area contributed by atoms with Crippen molar-refractivity contribution in [1.29, 1.82) is 0 Å². The molecule has 1 fully saturated rings. The van der Waals surface area contributed by atoms with Crippen LogP contribution in [0.1, 0.15) is 12.8 Å². The van der Waals surface area contributed by atoms with E-state index in [9.17, 15) is 4.79 Å². The van der Waals surface area contributed by atoms with Gasteiger partial charge in [-0.3, -0.25) is 4.79 Å². The van der Waals surface area contributed by atoms with E-state index in [1.54, 1.807) is 0 Å². The summed E-state index contributed by atoms with van der Waals surface area (Å²) in [5.41, 5.74) is 0. The quantitative estimate of drug-likeness (QED) is 0.622. The fourth-order valence-electron chi connectivity index (χ4n) is 1.60. The van der Waals surface area contributed by atoms with E-state index in [1.807, 2.05) is 6.26 Å². The van der Waals surface area contributed by atoms with Crippen LogP contribution in [0.25, 0.3) is 0 Å². The van der Waals surface area contributed by atoms with Crippen molar-refractivity contribution >= 4 is 22.8 Å². The Morgan fingerprint density at radius 3 is 3.31 bits per heavy atom. The predicted octanol–water partition coefficient (Wildman–Crippen LogP) is 0.588. The van der Waals surface area contributed by atoms with E-state index in [0.29, 0.717) is 5.17 Å². The smallest absolute Gasteiger partial charge is 0.233 e. The van der Waals surface area contributed by atoms with E-state index in [-0.39, 0.29) is 18.1 Å². The first-order valence-corrected chi connectivity index (χ1v) is 5.58. The fourth-order valence-corrected chi connectivity index (χ4v) is 2.02. The standard InChI is InChI=1S/C8H12N2O2S/c1-13-8-9-6(11)5-3-2-4-12-7(5)10-8/h5,7H,2-4H2,1H3,(H,9,10,11)/t5-,7+/m1/s1. The molecule has 2 atom stereocenters. The summed E-state index contributed by atoms with van der Waals surface area (Å²) in [6.45, 7) is 0.722. The molecule has 0 aromatic heterocycles. The topological polar surface area (TPSA) is 50.7 Å². The first-order chi connectivity index (χ1) is 6.31. The van der Waals surface area contributed by atoms with Crippen LogP contribution < -0.4 is 5.32 Å². The second-order valence-electron chi connectivity index (χ2n) is 3.14. The maximum Gasteiger partial charge on any atom is 0.233 e. The average molecular weight is 200 g/mol. The van der Waals surface area contributed by atoms with Crippen molar-refractivity contribution in [3.05, 3.63) is 0 Å². The summed E-state index contributed by atoms with van der Waals surface area (Å²) >= 11 is 1.44. The van der Waals surface area contributed by atoms with Crippen molar-refractivity contribution in [3.8, 4) is 0 Å². The minimum absolute atomic E-state index is 0.0593. The molecule has 4 nitrogen and oxygen atoms in total. The van der Waals surface area contributed by atoms with Gasteiger partial charge in [-0.25, -0.2) is 4.99 Å². The van der Waals surface area contributed by atoms with Crippen molar-refractivity contribution in [3.63, 3.8) is 0 Å². The van der Waals surface area contributed by atoms with Crippen molar-refractivity contribution in [2.75, 3.05) is 12.9 Å². The van der Waals surface area contributed by atoms with E-state index in [2.05, 4.69) is 10.3 Å². The third-order valence-corrected chi connectivity index (χ3v) is 2.89. The van der Waals surface area contributed by atoms with E-state index in [0.717, 1.165) is 19.4 Å². The molecular formula is C8H12N2O2S. The summed E-state index contributed by atoms with van der Waals surface area (Å²) in [4.78, 5) is 15.8. The molecule has 0 bridgehead atoms. The van der Waals surface area contributed by atoms with Gasteiger partial charge < -0.3 is 10.1 Å². The molecule has 2 aliphatic rings. The summed E-state index contributed by atoms with van der Waals surface area (Å²) in [7, 11) is 0. The number of thioether (sulfide) groups is 1. The van der Waals surface area contributed by atoms with Crippen LogP contribution in [-0.4, -0.2) is 30.2 Å². The van der Waals surface area contributed by atoms with Gasteiger partial charge in [0.05, 0.1) is 5.92 Å². The van der Waals surface area contributed by atoms with Crippen LogP contribution in [-0.2, 0) is 9.53 Å². The number of nitrogens with zero attached hydrogens (tertiary/aromatic N) is 1. The molecule has 0 unspecified atom stereocenters. The van der Waals surface area contributed by atoms with Crippen LogP contribution in [0.2, 0.25) is 0 Å². The molecule has 2 rings (SSSR count). The highest BCUT2D eigenvalue weighted by atomic mass is 32.2. The SMILES string of the molecule is CSC1=N[C@H]2OCCC[C@@H]2C(=O)N1. The lowest BCUT2D eigenvalue weighted by atomic mass is 9.97. The van der Waals surface area contributed by atoms with Crippen LogP contribution in [0.5, 0.6) is 0 Å². The Morgan fingerprint density at radius 2 is 2.54 bits per heavy atom. The Kier molecular flexibility index (Phi) is 2.55. The summed E-state index contributed by atoms with van der Waals surface area (Å²) < 4.78 is 5.42. The van der Waals surface area contributed by atoms with E-state index in [4.69, 9.17) is 4.74 Å². The molecule has 0 aliphatic carbocycles. The van der Waals surface area contributed by atoms with Gasteiger partial charge in [-0.2, -0.15) is 0 Å². The first kappa shape index (κ1) is 9.02. The Bertz CT molecular complexity index is 255.